The molecule has 1 aliphatic heterocycles. The van der Waals surface area contributed by atoms with Gasteiger partial charge in [-0.25, -0.2) is 0 Å². The Morgan fingerprint density at radius 1 is 1.50 bits per heavy atom. The predicted molar refractivity (Wildman–Crippen MR) is 94.1 cm³/mol. The molecule has 0 bridgehead atoms. The maximum Gasteiger partial charge on any atom is 0.259 e. The second-order valence-electron chi connectivity index (χ2n) is 5.52. The van der Waals surface area contributed by atoms with E-state index < -0.39 is 12.6 Å². The van der Waals surface area contributed by atoms with Crippen molar-refractivity contribution in [3.05, 3.63) is 28.4 Å². The van der Waals surface area contributed by atoms with Gasteiger partial charge < -0.3 is 15.5 Å². The van der Waals surface area contributed by atoms with E-state index >= 15 is 0 Å². The third-order valence-corrected chi connectivity index (χ3v) is 5.52. The van der Waals surface area contributed by atoms with Crippen molar-refractivity contribution in [2.75, 3.05) is 18.1 Å². The molecule has 0 unspecified atom stereocenters. The molecule has 0 aromatic carbocycles. The largest absolute Gasteiger partial charge is 0.365 e. The maximum atomic E-state index is 12.6. The molecule has 7 heteroatoms. The number of nitrogens with two attached hydrogens (primary N) is 1. The van der Waals surface area contributed by atoms with Gasteiger partial charge in [-0.15, -0.1) is 11.3 Å². The fourth-order valence-electron chi connectivity index (χ4n) is 2.70. The topological polar surface area (TPSA) is 49.6 Å². The highest BCUT2D eigenvalue weighted by atomic mass is 32.1. The predicted octanol–water partition coefficient (Wildman–Crippen LogP) is 3.14. The Kier molecular flexibility index (Phi) is 4.93. The zero-order valence-electron chi connectivity index (χ0n) is 13.1. The van der Waals surface area contributed by atoms with Crippen molar-refractivity contribution in [1.29, 1.82) is 0 Å². The molecular formula is C15H21FN3OPS. The van der Waals surface area contributed by atoms with Crippen molar-refractivity contribution in [3.8, 4) is 0 Å². The van der Waals surface area contributed by atoms with Crippen LogP contribution in [-0.2, 0) is 0 Å². The molecule has 0 atom stereocenters. The summed E-state index contributed by atoms with van der Waals surface area (Å²) in [5.74, 6) is 0.335. The Morgan fingerprint density at radius 3 is 2.64 bits per heavy atom. The monoisotopic (exact) mass is 341 g/mol. The molecule has 1 aliphatic rings. The number of fused-ring (bicyclic) bond motifs is 1. The average Bonchev–Trinajstić information content (AvgIpc) is 2.76. The molecular weight excluding hydrogens is 320 g/mol. The van der Waals surface area contributed by atoms with E-state index in [0.29, 0.717) is 17.8 Å². The van der Waals surface area contributed by atoms with Crippen LogP contribution in [0.25, 0.3) is 0 Å². The lowest BCUT2D eigenvalue weighted by atomic mass is 10.1. The first-order valence-electron chi connectivity index (χ1n) is 7.15. The van der Waals surface area contributed by atoms with Crippen molar-refractivity contribution in [3.63, 3.8) is 0 Å². The van der Waals surface area contributed by atoms with E-state index in [9.17, 15) is 9.18 Å². The summed E-state index contributed by atoms with van der Waals surface area (Å²) in [7, 11) is 3.70. The van der Waals surface area contributed by atoms with Crippen molar-refractivity contribution in [2.24, 2.45) is 5.73 Å². The summed E-state index contributed by atoms with van der Waals surface area (Å²) in [4.78, 5) is 16.2. The SMILES string of the molecule is C=C1N(CCCF)c2sc(C(N)=O)c(C)c2C(=P)N1C(C)C. The highest BCUT2D eigenvalue weighted by molar-refractivity contribution is 7.24. The van der Waals surface area contributed by atoms with Crippen molar-refractivity contribution < 1.29 is 9.18 Å². The van der Waals surface area contributed by atoms with Gasteiger partial charge in [-0.3, -0.25) is 9.18 Å². The minimum Gasteiger partial charge on any atom is -0.365 e. The Morgan fingerprint density at radius 2 is 2.14 bits per heavy atom. The highest BCUT2D eigenvalue weighted by Crippen LogP contribution is 2.43. The number of nitrogens with zero attached hydrogens (tertiary/aromatic N) is 2. The van der Waals surface area contributed by atoms with E-state index in [1.54, 1.807) is 0 Å². The van der Waals surface area contributed by atoms with E-state index in [0.717, 1.165) is 27.4 Å². The summed E-state index contributed by atoms with van der Waals surface area (Å²) in [6.07, 6.45) is 0.407. The number of halogens is 1. The first kappa shape index (κ1) is 17.0. The van der Waals surface area contributed by atoms with Crippen LogP contribution in [0.5, 0.6) is 0 Å². The first-order valence-corrected chi connectivity index (χ1v) is 8.46. The van der Waals surface area contributed by atoms with Crippen LogP contribution in [0.1, 0.15) is 41.1 Å². The molecule has 0 radical (unpaired) electrons. The van der Waals surface area contributed by atoms with Gasteiger partial charge in [-0.1, -0.05) is 15.4 Å². The van der Waals surface area contributed by atoms with Gasteiger partial charge in [0.05, 0.1) is 17.0 Å². The Hall–Kier alpha value is -1.39. The van der Waals surface area contributed by atoms with Gasteiger partial charge in [0.2, 0.25) is 0 Å². The molecule has 1 aromatic rings. The lowest BCUT2D eigenvalue weighted by Crippen LogP contribution is -2.46. The molecule has 0 saturated carbocycles. The Balaban J connectivity index is 2.61. The fourth-order valence-corrected chi connectivity index (χ4v) is 4.70. The molecule has 4 nitrogen and oxygen atoms in total. The minimum atomic E-state index is -0.441. The number of carbonyl (C=O) groups is 1. The van der Waals surface area contributed by atoms with Crippen molar-refractivity contribution >= 4 is 36.5 Å². The van der Waals surface area contributed by atoms with E-state index in [-0.39, 0.29) is 6.04 Å². The van der Waals surface area contributed by atoms with Gasteiger partial charge in [0.1, 0.15) is 10.8 Å². The standard InChI is InChI=1S/C15H21FN3OPS/c1-8(2)19-10(4)18(7-5-6-16)15-11(14(19)21)9(3)12(22-15)13(17)20/h8,21H,4-7H2,1-3H3,(H2,17,20). The molecule has 2 heterocycles. The van der Waals surface area contributed by atoms with Gasteiger partial charge in [0.25, 0.3) is 5.91 Å². The molecule has 0 aliphatic carbocycles. The third-order valence-electron chi connectivity index (χ3n) is 3.70. The summed E-state index contributed by atoms with van der Waals surface area (Å²) >= 11 is 1.34. The number of hydrogen-bond acceptors (Lipinski definition) is 3. The van der Waals surface area contributed by atoms with E-state index in [1.165, 1.54) is 11.3 Å². The molecule has 22 heavy (non-hydrogen) atoms. The summed E-state index contributed by atoms with van der Waals surface area (Å²) in [6.45, 7) is 10.3. The number of alkyl halides is 1. The summed E-state index contributed by atoms with van der Waals surface area (Å²) in [6, 6.07) is 0.178. The first-order chi connectivity index (χ1) is 10.3. The number of carbonyl (C=O) groups excluding carboxylic acids is 1. The summed E-state index contributed by atoms with van der Waals surface area (Å²) < 4.78 is 12.6. The number of rotatable bonds is 5. The second kappa shape index (κ2) is 6.39. The zero-order chi connectivity index (χ0) is 16.6. The zero-order valence-corrected chi connectivity index (χ0v) is 14.9. The molecule has 0 fully saturated rings. The van der Waals surface area contributed by atoms with Crippen LogP contribution in [0.4, 0.5) is 9.39 Å². The number of thiophene rings is 1. The molecule has 0 saturated heterocycles. The smallest absolute Gasteiger partial charge is 0.259 e. The van der Waals surface area contributed by atoms with Crippen molar-refractivity contribution in [2.45, 2.75) is 33.2 Å². The van der Waals surface area contributed by atoms with E-state index in [4.69, 9.17) is 5.73 Å². The minimum absolute atomic E-state index is 0.178. The molecule has 1 amide bonds. The fraction of sp³-hybridized carbons (Fsp3) is 0.467. The van der Waals surface area contributed by atoms with Crippen LogP contribution < -0.4 is 10.6 Å². The van der Waals surface area contributed by atoms with Crippen LogP contribution in [-0.4, -0.2) is 35.5 Å². The number of primary amides is 1. The Bertz CT molecular complexity index is 641. The van der Waals surface area contributed by atoms with Gasteiger partial charge in [-0.2, -0.15) is 0 Å². The van der Waals surface area contributed by atoms with Gasteiger partial charge >= 0.3 is 0 Å². The van der Waals surface area contributed by atoms with Crippen LogP contribution in [0, 0.1) is 6.92 Å². The van der Waals surface area contributed by atoms with Gasteiger partial charge in [0.15, 0.2) is 0 Å². The van der Waals surface area contributed by atoms with Gasteiger partial charge in [0, 0.05) is 18.2 Å². The normalized spacial score (nSPS) is 14.8. The number of anilines is 1. The lowest BCUT2D eigenvalue weighted by molar-refractivity contribution is 0.100. The summed E-state index contributed by atoms with van der Waals surface area (Å²) in [5, 5.41) is 0.895. The molecule has 2 rings (SSSR count). The second-order valence-corrected chi connectivity index (χ2v) is 7.00. The highest BCUT2D eigenvalue weighted by Gasteiger charge is 2.35. The third kappa shape index (κ3) is 2.66. The molecule has 0 spiro atoms. The van der Waals surface area contributed by atoms with Gasteiger partial charge in [-0.05, 0) is 32.8 Å². The van der Waals surface area contributed by atoms with E-state index in [1.807, 2.05) is 16.7 Å². The maximum absolute atomic E-state index is 12.6. The van der Waals surface area contributed by atoms with Crippen LogP contribution in [0.2, 0.25) is 0 Å². The Labute approximate surface area is 136 Å². The number of amides is 1. The van der Waals surface area contributed by atoms with Crippen LogP contribution in [0.3, 0.4) is 0 Å². The van der Waals surface area contributed by atoms with Crippen LogP contribution >= 0.6 is 20.2 Å². The average molecular weight is 341 g/mol. The molecule has 2 N–H and O–H groups in total. The quantitative estimate of drug-likeness (QED) is 0.837. The van der Waals surface area contributed by atoms with Crippen LogP contribution in [0.15, 0.2) is 12.4 Å². The lowest BCUT2D eigenvalue weighted by Gasteiger charge is -2.42. The summed E-state index contributed by atoms with van der Waals surface area (Å²) in [5.41, 5.74) is 8.14. The molecule has 1 aromatic heterocycles. The molecule has 120 valence electrons. The number of hydrogen-bond donors (Lipinski definition) is 1. The van der Waals surface area contributed by atoms with Crippen molar-refractivity contribution in [1.82, 2.24) is 4.90 Å². The van der Waals surface area contributed by atoms with E-state index in [2.05, 4.69) is 29.3 Å².